The van der Waals surface area contributed by atoms with Gasteiger partial charge < -0.3 is 20.3 Å². The Morgan fingerprint density at radius 1 is 1.20 bits per heavy atom. The first-order chi connectivity index (χ1) is 12.2. The summed E-state index contributed by atoms with van der Waals surface area (Å²) in [7, 11) is 1.98. The molecule has 4 unspecified atom stereocenters. The summed E-state index contributed by atoms with van der Waals surface area (Å²) in [6.45, 7) is 7.36. The molecule has 3 aliphatic rings. The number of aryl methyl sites for hydroxylation is 1. The minimum absolute atomic E-state index is 0.129. The van der Waals surface area contributed by atoms with Crippen molar-refractivity contribution in [2.45, 2.75) is 77.4 Å². The van der Waals surface area contributed by atoms with Crippen molar-refractivity contribution in [3.05, 3.63) is 23.3 Å². The normalized spacial score (nSPS) is 27.9. The Labute approximate surface area is 152 Å². The third-order valence-electron chi connectivity index (χ3n) is 5.49. The molecular formula is C21H35NO3. The summed E-state index contributed by atoms with van der Waals surface area (Å²) < 4.78 is 5.85. The first kappa shape index (κ1) is 20.1. The molecule has 0 spiro atoms. The SMILES string of the molecule is CC.CCCCNC.Oc1ccc2c3c1OC1C(O)CCC(CC2)C31. The van der Waals surface area contributed by atoms with Gasteiger partial charge in [0, 0.05) is 11.5 Å². The van der Waals surface area contributed by atoms with Gasteiger partial charge in [0.05, 0.1) is 6.10 Å². The van der Waals surface area contributed by atoms with Gasteiger partial charge in [0.1, 0.15) is 6.10 Å². The van der Waals surface area contributed by atoms with Crippen molar-refractivity contribution in [1.82, 2.24) is 5.32 Å². The van der Waals surface area contributed by atoms with E-state index >= 15 is 0 Å². The van der Waals surface area contributed by atoms with Gasteiger partial charge in [-0.3, -0.25) is 0 Å². The molecule has 1 aromatic carbocycles. The molecule has 0 aromatic heterocycles. The summed E-state index contributed by atoms with van der Waals surface area (Å²) in [6.07, 6.45) is 6.27. The molecular weight excluding hydrogens is 314 g/mol. The molecule has 1 aliphatic heterocycles. The molecule has 4 rings (SSSR count). The monoisotopic (exact) mass is 349 g/mol. The van der Waals surface area contributed by atoms with Crippen LogP contribution in [0, 0.1) is 5.92 Å². The van der Waals surface area contributed by atoms with Crippen LogP contribution in [0.2, 0.25) is 0 Å². The predicted octanol–water partition coefficient (Wildman–Crippen LogP) is 3.99. The van der Waals surface area contributed by atoms with E-state index in [1.807, 2.05) is 27.0 Å². The van der Waals surface area contributed by atoms with Gasteiger partial charge in [0.15, 0.2) is 11.5 Å². The zero-order chi connectivity index (χ0) is 18.4. The molecule has 1 saturated carbocycles. The van der Waals surface area contributed by atoms with Crippen molar-refractivity contribution in [2.75, 3.05) is 13.6 Å². The number of rotatable bonds is 3. The van der Waals surface area contributed by atoms with Crippen LogP contribution < -0.4 is 10.1 Å². The maximum absolute atomic E-state index is 10.1. The lowest BCUT2D eigenvalue weighted by molar-refractivity contribution is -0.0131. The van der Waals surface area contributed by atoms with Gasteiger partial charge >= 0.3 is 0 Å². The molecule has 0 bridgehead atoms. The molecule has 142 valence electrons. The molecule has 1 aromatic rings. The van der Waals surface area contributed by atoms with E-state index in [0.29, 0.717) is 17.6 Å². The lowest BCUT2D eigenvalue weighted by Crippen LogP contribution is -2.42. The fraction of sp³-hybridized carbons (Fsp3) is 0.714. The number of aliphatic hydroxyl groups excluding tert-OH is 1. The number of ether oxygens (including phenoxy) is 1. The van der Waals surface area contributed by atoms with E-state index in [1.54, 1.807) is 6.07 Å². The van der Waals surface area contributed by atoms with Crippen molar-refractivity contribution >= 4 is 0 Å². The largest absolute Gasteiger partial charge is 0.504 e. The summed E-state index contributed by atoms with van der Waals surface area (Å²) >= 11 is 0. The molecule has 1 heterocycles. The van der Waals surface area contributed by atoms with E-state index in [9.17, 15) is 10.2 Å². The highest BCUT2D eigenvalue weighted by Gasteiger charge is 2.49. The molecule has 4 nitrogen and oxygen atoms in total. The highest BCUT2D eigenvalue weighted by Crippen LogP contribution is 2.56. The van der Waals surface area contributed by atoms with E-state index < -0.39 is 0 Å². The summed E-state index contributed by atoms with van der Waals surface area (Å²) in [5, 5.41) is 23.0. The lowest BCUT2D eigenvalue weighted by Gasteiger charge is -2.38. The molecule has 25 heavy (non-hydrogen) atoms. The number of phenolic OH excluding ortho intramolecular Hbond substituents is 1. The van der Waals surface area contributed by atoms with Gasteiger partial charge in [-0.25, -0.2) is 0 Å². The Hall–Kier alpha value is -1.26. The summed E-state index contributed by atoms with van der Waals surface area (Å²) in [6, 6.07) is 3.73. The second kappa shape index (κ2) is 9.44. The van der Waals surface area contributed by atoms with Gasteiger partial charge in [0.25, 0.3) is 0 Å². The molecule has 2 aliphatic carbocycles. The minimum Gasteiger partial charge on any atom is -0.504 e. The topological polar surface area (TPSA) is 61.7 Å². The minimum atomic E-state index is -0.381. The van der Waals surface area contributed by atoms with Crippen molar-refractivity contribution in [1.29, 1.82) is 0 Å². The second-order valence-electron chi connectivity index (χ2n) is 7.00. The molecule has 1 fully saturated rings. The third-order valence-corrected chi connectivity index (χ3v) is 5.49. The summed E-state index contributed by atoms with van der Waals surface area (Å²) in [5.74, 6) is 1.80. The summed E-state index contributed by atoms with van der Waals surface area (Å²) in [5.41, 5.74) is 2.49. The molecule has 0 radical (unpaired) electrons. The zero-order valence-corrected chi connectivity index (χ0v) is 16.2. The van der Waals surface area contributed by atoms with Crippen LogP contribution in [-0.4, -0.2) is 36.0 Å². The number of phenols is 1. The number of aromatic hydroxyl groups is 1. The lowest BCUT2D eigenvalue weighted by atomic mass is 9.67. The van der Waals surface area contributed by atoms with Crippen LogP contribution in [0.15, 0.2) is 12.1 Å². The number of benzene rings is 1. The van der Waals surface area contributed by atoms with Crippen molar-refractivity contribution in [3.8, 4) is 11.5 Å². The van der Waals surface area contributed by atoms with Crippen molar-refractivity contribution in [2.24, 2.45) is 5.92 Å². The van der Waals surface area contributed by atoms with Crippen molar-refractivity contribution in [3.63, 3.8) is 0 Å². The Morgan fingerprint density at radius 2 is 1.96 bits per heavy atom. The number of aliphatic hydroxyl groups is 1. The maximum Gasteiger partial charge on any atom is 0.165 e. The van der Waals surface area contributed by atoms with E-state index in [2.05, 4.69) is 12.2 Å². The number of hydrogen-bond donors (Lipinski definition) is 3. The van der Waals surface area contributed by atoms with E-state index in [0.717, 1.165) is 25.8 Å². The van der Waals surface area contributed by atoms with Crippen LogP contribution in [-0.2, 0) is 6.42 Å². The quantitative estimate of drug-likeness (QED) is 0.722. The molecule has 4 heteroatoms. The Morgan fingerprint density at radius 3 is 2.60 bits per heavy atom. The van der Waals surface area contributed by atoms with Crippen LogP contribution in [0.5, 0.6) is 11.5 Å². The van der Waals surface area contributed by atoms with Crippen LogP contribution in [0.3, 0.4) is 0 Å². The van der Waals surface area contributed by atoms with Gasteiger partial charge in [-0.05, 0) is 63.2 Å². The first-order valence-electron chi connectivity index (χ1n) is 10.0. The standard InChI is InChI=1S/C14H16O3.C5H13N.C2H6/c15-9-5-3-7-1-2-8-4-6-10(16)14-12(8)11(7)13(9)17-14;1-3-4-5-6-2;1-2/h3,5,8,10,12,14-16H,1-2,4,6H2;6H,3-5H2,1-2H3;1-2H3. The van der Waals surface area contributed by atoms with E-state index in [1.165, 1.54) is 30.4 Å². The van der Waals surface area contributed by atoms with E-state index in [4.69, 9.17) is 4.74 Å². The van der Waals surface area contributed by atoms with Crippen LogP contribution in [0.4, 0.5) is 0 Å². The average molecular weight is 350 g/mol. The van der Waals surface area contributed by atoms with Crippen LogP contribution >= 0.6 is 0 Å². The first-order valence-corrected chi connectivity index (χ1v) is 10.0. The zero-order valence-electron chi connectivity index (χ0n) is 16.2. The van der Waals surface area contributed by atoms with Gasteiger partial charge in [-0.15, -0.1) is 0 Å². The smallest absolute Gasteiger partial charge is 0.165 e. The Balaban J connectivity index is 0.000000243. The highest BCUT2D eigenvalue weighted by molar-refractivity contribution is 5.56. The maximum atomic E-state index is 10.1. The van der Waals surface area contributed by atoms with Crippen LogP contribution in [0.25, 0.3) is 0 Å². The molecule has 4 atom stereocenters. The van der Waals surface area contributed by atoms with Gasteiger partial charge in [-0.2, -0.15) is 0 Å². The Bertz CT molecular complexity index is 542. The number of unbranched alkanes of at least 4 members (excludes halogenated alkanes) is 1. The van der Waals surface area contributed by atoms with E-state index in [-0.39, 0.29) is 18.0 Å². The third kappa shape index (κ3) is 4.12. The second-order valence-corrected chi connectivity index (χ2v) is 7.00. The summed E-state index contributed by atoms with van der Waals surface area (Å²) in [4.78, 5) is 0. The molecule has 3 N–H and O–H groups in total. The van der Waals surface area contributed by atoms with Gasteiger partial charge in [0.2, 0.25) is 0 Å². The average Bonchev–Trinajstić information content (AvgIpc) is 3.07. The fourth-order valence-corrected chi connectivity index (χ4v) is 4.28. The number of hydrogen-bond acceptors (Lipinski definition) is 4. The molecule has 0 saturated heterocycles. The Kier molecular flexibility index (Phi) is 7.57. The van der Waals surface area contributed by atoms with Crippen molar-refractivity contribution < 1.29 is 14.9 Å². The molecule has 0 amide bonds. The number of nitrogens with one attached hydrogen (secondary N) is 1. The van der Waals surface area contributed by atoms with Gasteiger partial charge in [-0.1, -0.05) is 33.3 Å². The highest BCUT2D eigenvalue weighted by atomic mass is 16.5. The fourth-order valence-electron chi connectivity index (χ4n) is 4.28. The predicted molar refractivity (Wildman–Crippen MR) is 102 cm³/mol. The van der Waals surface area contributed by atoms with Crippen LogP contribution in [0.1, 0.15) is 69.9 Å².